The van der Waals surface area contributed by atoms with Crippen molar-refractivity contribution in [2.75, 3.05) is 0 Å². The van der Waals surface area contributed by atoms with Crippen LogP contribution in [0.15, 0.2) is 29.8 Å². The summed E-state index contributed by atoms with van der Waals surface area (Å²) < 4.78 is 14.9. The van der Waals surface area contributed by atoms with Gasteiger partial charge in [0.25, 0.3) is 0 Å². The predicted molar refractivity (Wildman–Crippen MR) is 63.0 cm³/mol. The number of aromatic nitrogens is 1. The molecule has 1 N–H and O–H groups in total. The first-order valence-corrected chi connectivity index (χ1v) is 5.73. The molecule has 1 aromatic carbocycles. The maximum absolute atomic E-state index is 13.9. The van der Waals surface area contributed by atoms with E-state index in [1.165, 1.54) is 0 Å². The first-order chi connectivity index (χ1) is 7.81. The summed E-state index contributed by atoms with van der Waals surface area (Å²) in [7, 11) is 0. The van der Waals surface area contributed by atoms with E-state index >= 15 is 0 Å². The summed E-state index contributed by atoms with van der Waals surface area (Å²) in [6.45, 7) is -0.300. The number of aliphatic hydroxyl groups is 1. The fraction of sp³-hybridized carbons (Fsp3) is 0.0833. The Morgan fingerprint density at radius 3 is 2.94 bits per heavy atom. The second kappa shape index (κ2) is 3.50. The molecular weight excluding hydrogens is 225 g/mol. The molecule has 0 spiro atoms. The number of hydrogen-bond acceptors (Lipinski definition) is 3. The summed E-state index contributed by atoms with van der Waals surface area (Å²) in [4.78, 5) is 4.11. The van der Waals surface area contributed by atoms with Gasteiger partial charge in [-0.1, -0.05) is 12.1 Å². The molecular formula is C12H8FNOS. The third kappa shape index (κ3) is 1.24. The average Bonchev–Trinajstić information content (AvgIpc) is 2.77. The highest BCUT2D eigenvalue weighted by Crippen LogP contribution is 2.29. The van der Waals surface area contributed by atoms with Crippen LogP contribution in [-0.2, 0) is 6.61 Å². The van der Waals surface area contributed by atoms with Crippen LogP contribution in [0.1, 0.15) is 5.56 Å². The van der Waals surface area contributed by atoms with Gasteiger partial charge in [-0.25, -0.2) is 4.39 Å². The van der Waals surface area contributed by atoms with E-state index in [4.69, 9.17) is 5.11 Å². The molecule has 16 heavy (non-hydrogen) atoms. The van der Waals surface area contributed by atoms with Gasteiger partial charge in [0.05, 0.1) is 11.3 Å². The van der Waals surface area contributed by atoms with Crippen molar-refractivity contribution in [3.05, 3.63) is 41.2 Å². The Morgan fingerprint density at radius 1 is 1.25 bits per heavy atom. The zero-order valence-electron chi connectivity index (χ0n) is 8.27. The predicted octanol–water partition coefficient (Wildman–Crippen LogP) is 3.08. The number of fused-ring (bicyclic) bond motifs is 3. The number of nitrogens with zero attached hydrogens (tertiary/aromatic N) is 1. The third-order valence-electron chi connectivity index (χ3n) is 2.66. The molecule has 0 aliphatic heterocycles. The highest BCUT2D eigenvalue weighted by molar-refractivity contribution is 7.17. The van der Waals surface area contributed by atoms with E-state index in [0.717, 1.165) is 15.5 Å². The molecule has 0 aliphatic rings. The quantitative estimate of drug-likeness (QED) is 0.700. The molecule has 0 fully saturated rings. The molecule has 0 bridgehead atoms. The lowest BCUT2D eigenvalue weighted by Gasteiger charge is -2.04. The highest BCUT2D eigenvalue weighted by atomic mass is 32.1. The molecule has 0 unspecified atom stereocenters. The minimum absolute atomic E-state index is 0.287. The molecule has 4 heteroatoms. The number of thiophene rings is 1. The minimum Gasteiger partial charge on any atom is -0.392 e. The standard InChI is InChI=1S/C12H8FNOS/c13-11-7(6-15)1-2-9-8-3-4-16-10(8)5-14-12(9)11/h1-5,15H,6H2. The molecule has 3 rings (SSSR count). The lowest BCUT2D eigenvalue weighted by Crippen LogP contribution is -1.92. The second-order valence-corrected chi connectivity index (χ2v) is 4.50. The van der Waals surface area contributed by atoms with Gasteiger partial charge in [-0.2, -0.15) is 0 Å². The van der Waals surface area contributed by atoms with Crippen LogP contribution in [0.25, 0.3) is 21.0 Å². The van der Waals surface area contributed by atoms with Gasteiger partial charge in [-0.05, 0) is 11.4 Å². The smallest absolute Gasteiger partial charge is 0.154 e. The van der Waals surface area contributed by atoms with Crippen molar-refractivity contribution in [3.8, 4) is 0 Å². The molecule has 0 amide bonds. The molecule has 2 heterocycles. The van der Waals surface area contributed by atoms with Crippen molar-refractivity contribution < 1.29 is 9.50 Å². The number of pyridine rings is 1. The summed E-state index contributed by atoms with van der Waals surface area (Å²) >= 11 is 1.58. The van der Waals surface area contributed by atoms with Crippen LogP contribution >= 0.6 is 11.3 Å². The maximum Gasteiger partial charge on any atom is 0.154 e. The zero-order chi connectivity index (χ0) is 11.1. The summed E-state index contributed by atoms with van der Waals surface area (Å²) in [5.41, 5.74) is 0.618. The Bertz CT molecular complexity index is 677. The van der Waals surface area contributed by atoms with Gasteiger partial charge in [0.15, 0.2) is 5.82 Å². The molecule has 2 aromatic heterocycles. The molecule has 3 aromatic rings. The molecule has 0 saturated heterocycles. The second-order valence-electron chi connectivity index (χ2n) is 3.55. The highest BCUT2D eigenvalue weighted by Gasteiger charge is 2.10. The first-order valence-electron chi connectivity index (χ1n) is 4.85. The minimum atomic E-state index is -0.423. The van der Waals surface area contributed by atoms with E-state index in [9.17, 15) is 4.39 Å². The van der Waals surface area contributed by atoms with Crippen molar-refractivity contribution in [1.29, 1.82) is 0 Å². The Morgan fingerprint density at radius 2 is 2.12 bits per heavy atom. The van der Waals surface area contributed by atoms with Crippen molar-refractivity contribution in [2.24, 2.45) is 0 Å². The van der Waals surface area contributed by atoms with E-state index in [2.05, 4.69) is 4.98 Å². The lowest BCUT2D eigenvalue weighted by atomic mass is 10.1. The number of halogens is 1. The van der Waals surface area contributed by atoms with E-state index in [0.29, 0.717) is 5.52 Å². The first kappa shape index (κ1) is 9.69. The van der Waals surface area contributed by atoms with Crippen LogP contribution in [0.2, 0.25) is 0 Å². The summed E-state index contributed by atoms with van der Waals surface area (Å²) in [5, 5.41) is 12.8. The van der Waals surface area contributed by atoms with Crippen LogP contribution in [0.3, 0.4) is 0 Å². The molecule has 2 nitrogen and oxygen atoms in total. The summed E-state index contributed by atoms with van der Waals surface area (Å²) in [6.07, 6.45) is 1.67. The monoisotopic (exact) mass is 233 g/mol. The van der Waals surface area contributed by atoms with Gasteiger partial charge in [0.1, 0.15) is 5.52 Å². The normalized spacial score (nSPS) is 11.4. The molecule has 0 atom stereocenters. The molecule has 0 radical (unpaired) electrons. The van der Waals surface area contributed by atoms with Crippen molar-refractivity contribution in [3.63, 3.8) is 0 Å². The largest absolute Gasteiger partial charge is 0.392 e. The van der Waals surface area contributed by atoms with Crippen LogP contribution in [0.4, 0.5) is 4.39 Å². The molecule has 0 aliphatic carbocycles. The number of aliphatic hydroxyl groups excluding tert-OH is 1. The Hall–Kier alpha value is -1.52. The lowest BCUT2D eigenvalue weighted by molar-refractivity contribution is 0.276. The molecule has 0 saturated carbocycles. The van der Waals surface area contributed by atoms with Crippen LogP contribution in [0.5, 0.6) is 0 Å². The fourth-order valence-corrected chi connectivity index (χ4v) is 2.61. The number of benzene rings is 1. The zero-order valence-corrected chi connectivity index (χ0v) is 9.09. The van der Waals surface area contributed by atoms with Gasteiger partial charge in [0, 0.05) is 22.5 Å². The van der Waals surface area contributed by atoms with Crippen LogP contribution in [0, 0.1) is 5.82 Å². The molecule has 80 valence electrons. The Balaban J connectivity index is 2.49. The number of hydrogen-bond donors (Lipinski definition) is 1. The average molecular weight is 233 g/mol. The van der Waals surface area contributed by atoms with Crippen molar-refractivity contribution in [1.82, 2.24) is 4.98 Å². The maximum atomic E-state index is 13.9. The Labute approximate surface area is 95.0 Å². The summed E-state index contributed by atoms with van der Waals surface area (Å²) in [6, 6.07) is 5.38. The van der Waals surface area contributed by atoms with E-state index in [1.54, 1.807) is 23.6 Å². The SMILES string of the molecule is OCc1ccc2c(ncc3sccc32)c1F. The summed E-state index contributed by atoms with van der Waals surface area (Å²) in [5.74, 6) is -0.423. The van der Waals surface area contributed by atoms with E-state index < -0.39 is 5.82 Å². The van der Waals surface area contributed by atoms with Crippen LogP contribution in [-0.4, -0.2) is 10.1 Å². The van der Waals surface area contributed by atoms with Gasteiger partial charge < -0.3 is 5.11 Å². The van der Waals surface area contributed by atoms with Gasteiger partial charge >= 0.3 is 0 Å². The van der Waals surface area contributed by atoms with Crippen molar-refractivity contribution >= 4 is 32.3 Å². The van der Waals surface area contributed by atoms with Gasteiger partial charge in [0.2, 0.25) is 0 Å². The Kier molecular flexibility index (Phi) is 2.12. The van der Waals surface area contributed by atoms with Gasteiger partial charge in [-0.3, -0.25) is 4.98 Å². The van der Waals surface area contributed by atoms with Crippen LogP contribution < -0.4 is 0 Å². The van der Waals surface area contributed by atoms with E-state index in [1.807, 2.05) is 17.5 Å². The fourth-order valence-electron chi connectivity index (χ4n) is 1.84. The topological polar surface area (TPSA) is 33.1 Å². The van der Waals surface area contributed by atoms with Gasteiger partial charge in [-0.15, -0.1) is 11.3 Å². The van der Waals surface area contributed by atoms with E-state index in [-0.39, 0.29) is 12.2 Å². The number of rotatable bonds is 1. The van der Waals surface area contributed by atoms with Crippen molar-refractivity contribution in [2.45, 2.75) is 6.61 Å². The third-order valence-corrected chi connectivity index (χ3v) is 3.51.